The summed E-state index contributed by atoms with van der Waals surface area (Å²) in [5, 5.41) is 12.3. The minimum atomic E-state index is -0.605. The molecule has 1 fully saturated rings. The first-order chi connectivity index (χ1) is 14.6. The van der Waals surface area contributed by atoms with Gasteiger partial charge in [0.15, 0.2) is 11.5 Å². The minimum absolute atomic E-state index is 0.121. The molecule has 0 spiro atoms. The second kappa shape index (κ2) is 7.15. The highest BCUT2D eigenvalue weighted by atomic mass is 19.1. The van der Waals surface area contributed by atoms with Crippen LogP contribution in [0.5, 0.6) is 11.5 Å². The Morgan fingerprint density at radius 3 is 2.67 bits per heavy atom. The van der Waals surface area contributed by atoms with E-state index >= 15 is 0 Å². The molecule has 0 unspecified atom stereocenters. The van der Waals surface area contributed by atoms with Crippen LogP contribution in [-0.2, 0) is 16.8 Å². The number of carbonyl (C=O) groups excluding carboxylic acids is 1. The third-order valence-corrected chi connectivity index (χ3v) is 5.75. The quantitative estimate of drug-likeness (QED) is 0.661. The van der Waals surface area contributed by atoms with Crippen LogP contribution in [0.3, 0.4) is 0 Å². The van der Waals surface area contributed by atoms with Crippen molar-refractivity contribution in [2.45, 2.75) is 24.9 Å². The maximum Gasteiger partial charge on any atom is 0.235 e. The fraction of sp³-hybridized carbons (Fsp3) is 0.208. The van der Waals surface area contributed by atoms with Crippen molar-refractivity contribution in [1.29, 1.82) is 0 Å². The molecule has 2 aliphatic rings. The number of nitrogens with one attached hydrogen (secondary N) is 1. The number of benzene rings is 3. The van der Waals surface area contributed by atoms with Gasteiger partial charge >= 0.3 is 0 Å². The van der Waals surface area contributed by atoms with E-state index in [2.05, 4.69) is 5.32 Å². The molecule has 6 heteroatoms. The first kappa shape index (κ1) is 18.6. The molecule has 1 saturated carbocycles. The zero-order valence-corrected chi connectivity index (χ0v) is 16.2. The Bertz CT molecular complexity index is 1140. The molecule has 3 aromatic carbocycles. The molecule has 1 amide bonds. The van der Waals surface area contributed by atoms with Crippen LogP contribution in [-0.4, -0.2) is 17.8 Å². The van der Waals surface area contributed by atoms with Gasteiger partial charge in [0.05, 0.1) is 12.0 Å². The molecule has 1 aliphatic carbocycles. The summed E-state index contributed by atoms with van der Waals surface area (Å²) >= 11 is 0. The SMILES string of the molecule is O=C(Nc1ccc(F)c(-c2cccc(CO)c2)c1)C1(c2ccc3c(c2)OCO3)CC1. The lowest BCUT2D eigenvalue weighted by atomic mass is 9.94. The number of halogens is 1. The zero-order chi connectivity index (χ0) is 20.7. The van der Waals surface area contributed by atoms with Crippen LogP contribution in [0.25, 0.3) is 11.1 Å². The molecule has 0 atom stereocenters. The third kappa shape index (κ3) is 3.19. The van der Waals surface area contributed by atoms with E-state index in [1.54, 1.807) is 36.4 Å². The third-order valence-electron chi connectivity index (χ3n) is 5.75. The van der Waals surface area contributed by atoms with E-state index in [0.29, 0.717) is 33.9 Å². The number of rotatable bonds is 5. The van der Waals surface area contributed by atoms with Crippen molar-refractivity contribution in [1.82, 2.24) is 0 Å². The highest BCUT2D eigenvalue weighted by Gasteiger charge is 2.51. The number of aliphatic hydroxyl groups is 1. The Kier molecular flexibility index (Phi) is 4.44. The van der Waals surface area contributed by atoms with Crippen molar-refractivity contribution >= 4 is 11.6 Å². The number of anilines is 1. The molecule has 5 nitrogen and oxygen atoms in total. The number of hydrogen-bond donors (Lipinski definition) is 2. The molecule has 1 aliphatic heterocycles. The topological polar surface area (TPSA) is 67.8 Å². The molecule has 2 N–H and O–H groups in total. The molecule has 152 valence electrons. The number of fused-ring (bicyclic) bond motifs is 1. The van der Waals surface area contributed by atoms with Crippen LogP contribution in [0.15, 0.2) is 60.7 Å². The van der Waals surface area contributed by atoms with Gasteiger partial charge in [-0.2, -0.15) is 0 Å². The molecule has 30 heavy (non-hydrogen) atoms. The van der Waals surface area contributed by atoms with Crippen LogP contribution in [0.2, 0.25) is 0 Å². The summed E-state index contributed by atoms with van der Waals surface area (Å²) in [7, 11) is 0. The van der Waals surface area contributed by atoms with Crippen molar-refractivity contribution < 1.29 is 23.8 Å². The second-order valence-corrected chi connectivity index (χ2v) is 7.66. The van der Waals surface area contributed by atoms with Crippen molar-refractivity contribution in [3.63, 3.8) is 0 Å². The summed E-state index contributed by atoms with van der Waals surface area (Å²) in [6.07, 6.45) is 1.48. The molecule has 0 aromatic heterocycles. The Morgan fingerprint density at radius 2 is 1.87 bits per heavy atom. The van der Waals surface area contributed by atoms with Crippen LogP contribution >= 0.6 is 0 Å². The van der Waals surface area contributed by atoms with E-state index in [-0.39, 0.29) is 25.1 Å². The average molecular weight is 405 g/mol. The van der Waals surface area contributed by atoms with Gasteiger partial charge in [-0.25, -0.2) is 4.39 Å². The fourth-order valence-electron chi connectivity index (χ4n) is 3.88. The predicted molar refractivity (Wildman–Crippen MR) is 110 cm³/mol. The van der Waals surface area contributed by atoms with E-state index in [1.807, 2.05) is 18.2 Å². The molecule has 0 radical (unpaired) electrons. The molecule has 0 bridgehead atoms. The largest absolute Gasteiger partial charge is 0.454 e. The van der Waals surface area contributed by atoms with E-state index in [4.69, 9.17) is 9.47 Å². The maximum atomic E-state index is 14.5. The van der Waals surface area contributed by atoms with E-state index in [9.17, 15) is 14.3 Å². The van der Waals surface area contributed by atoms with Crippen LogP contribution < -0.4 is 14.8 Å². The van der Waals surface area contributed by atoms with Gasteiger partial charge in [-0.1, -0.05) is 24.3 Å². The van der Waals surface area contributed by atoms with E-state index < -0.39 is 5.41 Å². The van der Waals surface area contributed by atoms with Crippen LogP contribution in [0, 0.1) is 5.82 Å². The molecular formula is C24H20FNO4. The summed E-state index contributed by atoms with van der Waals surface area (Å²) in [5.74, 6) is 0.825. The maximum absolute atomic E-state index is 14.5. The van der Waals surface area contributed by atoms with Crippen LogP contribution in [0.4, 0.5) is 10.1 Å². The van der Waals surface area contributed by atoms with Gasteiger partial charge in [0, 0.05) is 11.3 Å². The fourth-order valence-corrected chi connectivity index (χ4v) is 3.88. The van der Waals surface area contributed by atoms with Gasteiger partial charge in [0.25, 0.3) is 0 Å². The predicted octanol–water partition coefficient (Wildman–Crippen LogP) is 4.38. The van der Waals surface area contributed by atoms with E-state index in [1.165, 1.54) is 6.07 Å². The average Bonchev–Trinajstić information content (AvgIpc) is 3.46. The second-order valence-electron chi connectivity index (χ2n) is 7.66. The number of amides is 1. The summed E-state index contributed by atoms with van der Waals surface area (Å²) in [6.45, 7) is 0.0672. The molecular weight excluding hydrogens is 385 g/mol. The van der Waals surface area contributed by atoms with Crippen molar-refractivity contribution in [2.24, 2.45) is 0 Å². The zero-order valence-electron chi connectivity index (χ0n) is 16.2. The van der Waals surface area contributed by atoms with Gasteiger partial charge in [-0.05, 0) is 65.9 Å². The molecule has 1 heterocycles. The highest BCUT2D eigenvalue weighted by Crippen LogP contribution is 2.51. The van der Waals surface area contributed by atoms with E-state index in [0.717, 1.165) is 18.4 Å². The Hall–Kier alpha value is -3.38. The lowest BCUT2D eigenvalue weighted by Crippen LogP contribution is -2.27. The van der Waals surface area contributed by atoms with Crippen molar-refractivity contribution in [2.75, 3.05) is 12.1 Å². The van der Waals surface area contributed by atoms with Crippen LogP contribution in [0.1, 0.15) is 24.0 Å². The summed E-state index contributed by atoms with van der Waals surface area (Å²) in [4.78, 5) is 13.1. The Labute approximate surface area is 173 Å². The number of carbonyl (C=O) groups is 1. The normalized spacial score (nSPS) is 15.7. The highest BCUT2D eigenvalue weighted by molar-refractivity contribution is 6.01. The smallest absolute Gasteiger partial charge is 0.235 e. The first-order valence-electron chi connectivity index (χ1n) is 9.80. The number of ether oxygens (including phenoxy) is 2. The molecule has 3 aromatic rings. The lowest BCUT2D eigenvalue weighted by molar-refractivity contribution is -0.118. The molecule has 5 rings (SSSR count). The monoisotopic (exact) mass is 405 g/mol. The lowest BCUT2D eigenvalue weighted by Gasteiger charge is -2.17. The van der Waals surface area contributed by atoms with Gasteiger partial charge in [-0.15, -0.1) is 0 Å². The van der Waals surface area contributed by atoms with Gasteiger partial charge < -0.3 is 19.9 Å². The Balaban J connectivity index is 1.41. The molecule has 0 saturated heterocycles. The van der Waals surface area contributed by atoms with Crippen molar-refractivity contribution in [3.05, 3.63) is 77.6 Å². The summed E-state index contributed by atoms with van der Waals surface area (Å²) in [6, 6.07) is 17.2. The summed E-state index contributed by atoms with van der Waals surface area (Å²) < 4.78 is 25.3. The number of hydrogen-bond acceptors (Lipinski definition) is 4. The minimum Gasteiger partial charge on any atom is -0.454 e. The van der Waals surface area contributed by atoms with Gasteiger partial charge in [0.1, 0.15) is 5.82 Å². The summed E-state index contributed by atoms with van der Waals surface area (Å²) in [5.41, 5.74) is 2.52. The first-order valence-corrected chi connectivity index (χ1v) is 9.80. The Morgan fingerprint density at radius 1 is 1.03 bits per heavy atom. The van der Waals surface area contributed by atoms with Gasteiger partial charge in [0.2, 0.25) is 12.7 Å². The van der Waals surface area contributed by atoms with Crippen molar-refractivity contribution in [3.8, 4) is 22.6 Å². The standard InChI is InChI=1S/C24H20FNO4/c25-20-6-5-18(12-19(20)16-3-1-2-15(10-16)13-27)26-23(28)24(8-9-24)17-4-7-21-22(11-17)30-14-29-21/h1-7,10-12,27H,8-9,13-14H2,(H,26,28). The van der Waals surface area contributed by atoms with Gasteiger partial charge in [-0.3, -0.25) is 4.79 Å². The number of aliphatic hydroxyl groups excluding tert-OH is 1.